The molecule has 2 N–H and O–H groups in total. The summed E-state index contributed by atoms with van der Waals surface area (Å²) in [6, 6.07) is 15.0. The number of ether oxygens (including phenoxy) is 2. The monoisotopic (exact) mass is 421 g/mol. The molecule has 1 atom stereocenters. The van der Waals surface area contributed by atoms with Crippen LogP contribution in [0.1, 0.15) is 42.8 Å². The van der Waals surface area contributed by atoms with Crippen molar-refractivity contribution in [3.05, 3.63) is 65.5 Å². The van der Waals surface area contributed by atoms with Crippen LogP contribution >= 0.6 is 0 Å². The van der Waals surface area contributed by atoms with E-state index in [1.807, 2.05) is 60.1 Å². The molecule has 0 spiro atoms. The van der Waals surface area contributed by atoms with Gasteiger partial charge in [0, 0.05) is 13.0 Å². The van der Waals surface area contributed by atoms with Crippen LogP contribution in [0.15, 0.2) is 48.5 Å². The molecule has 1 aromatic heterocycles. The molecule has 1 aliphatic rings. The second-order valence-electron chi connectivity index (χ2n) is 7.54. The summed E-state index contributed by atoms with van der Waals surface area (Å²) in [7, 11) is 1.60. The zero-order valence-corrected chi connectivity index (χ0v) is 17.8. The van der Waals surface area contributed by atoms with Crippen LogP contribution in [-0.4, -0.2) is 27.9 Å². The number of anilines is 1. The van der Waals surface area contributed by atoms with E-state index < -0.39 is 0 Å². The quantitative estimate of drug-likeness (QED) is 0.600. The zero-order chi connectivity index (χ0) is 21.6. The number of hydrogen-bond acceptors (Lipinski definition) is 5. The van der Waals surface area contributed by atoms with Crippen molar-refractivity contribution in [2.75, 3.05) is 12.4 Å². The Kier molecular flexibility index (Phi) is 6.35. The number of benzene rings is 2. The van der Waals surface area contributed by atoms with Gasteiger partial charge in [0.15, 0.2) is 11.5 Å². The van der Waals surface area contributed by atoms with Gasteiger partial charge in [-0.2, -0.15) is 4.98 Å². The van der Waals surface area contributed by atoms with E-state index in [0.29, 0.717) is 24.1 Å². The molecule has 0 saturated carbocycles. The van der Waals surface area contributed by atoms with E-state index in [9.17, 15) is 4.79 Å². The average molecular weight is 422 g/mol. The summed E-state index contributed by atoms with van der Waals surface area (Å²) in [6.07, 6.45) is 3.09. The number of aromatic nitrogens is 3. The standard InChI is InChI=1S/C23H27N5O3/c1-16(24-23(29)26-22-25-21-10-6-7-13-28(21)27-22)18-11-12-19(20(14-18)30-2)31-15-17-8-4-3-5-9-17/h3-5,8-9,11-12,14,16H,6-7,10,13,15H2,1-2H3,(H2,24,26,27,29). The predicted octanol–water partition coefficient (Wildman–Crippen LogP) is 4.08. The highest BCUT2D eigenvalue weighted by molar-refractivity contribution is 5.87. The minimum Gasteiger partial charge on any atom is -0.493 e. The number of urea groups is 1. The lowest BCUT2D eigenvalue weighted by Crippen LogP contribution is -2.31. The Morgan fingerprint density at radius 1 is 1.16 bits per heavy atom. The Labute approximate surface area is 181 Å². The van der Waals surface area contributed by atoms with E-state index in [4.69, 9.17) is 9.47 Å². The molecule has 2 amide bonds. The highest BCUT2D eigenvalue weighted by atomic mass is 16.5. The largest absolute Gasteiger partial charge is 0.493 e. The summed E-state index contributed by atoms with van der Waals surface area (Å²) >= 11 is 0. The number of rotatable bonds is 7. The third kappa shape index (κ3) is 5.14. The third-order valence-electron chi connectivity index (χ3n) is 5.27. The first-order valence-corrected chi connectivity index (χ1v) is 10.5. The Morgan fingerprint density at radius 2 is 2.00 bits per heavy atom. The smallest absolute Gasteiger partial charge is 0.322 e. The molecule has 8 nitrogen and oxygen atoms in total. The van der Waals surface area contributed by atoms with Crippen molar-refractivity contribution in [1.29, 1.82) is 0 Å². The Bertz CT molecular complexity index is 1010. The number of nitrogens with zero attached hydrogens (tertiary/aromatic N) is 3. The molecule has 4 rings (SSSR count). The minimum atomic E-state index is -0.348. The molecule has 2 aromatic carbocycles. The van der Waals surface area contributed by atoms with E-state index >= 15 is 0 Å². The normalized spacial score (nSPS) is 13.7. The van der Waals surface area contributed by atoms with Crippen LogP contribution in [-0.2, 0) is 19.6 Å². The summed E-state index contributed by atoms with van der Waals surface area (Å²) in [5.74, 6) is 2.53. The molecular weight excluding hydrogens is 394 g/mol. The van der Waals surface area contributed by atoms with Gasteiger partial charge in [-0.25, -0.2) is 9.48 Å². The fraction of sp³-hybridized carbons (Fsp3) is 0.348. The number of carbonyl (C=O) groups excluding carboxylic acids is 1. The first-order chi connectivity index (χ1) is 15.1. The summed E-state index contributed by atoms with van der Waals surface area (Å²) in [6.45, 7) is 3.21. The van der Waals surface area contributed by atoms with Gasteiger partial charge in [0.1, 0.15) is 12.4 Å². The first-order valence-electron chi connectivity index (χ1n) is 10.5. The molecule has 8 heteroatoms. The van der Waals surface area contributed by atoms with Gasteiger partial charge in [0.25, 0.3) is 0 Å². The lowest BCUT2D eigenvalue weighted by molar-refractivity contribution is 0.249. The maximum atomic E-state index is 12.4. The van der Waals surface area contributed by atoms with Crippen molar-refractivity contribution in [1.82, 2.24) is 20.1 Å². The SMILES string of the molecule is COc1cc(C(C)NC(=O)Nc2nc3n(n2)CCCC3)ccc1OCc1ccccc1. The van der Waals surface area contributed by atoms with Gasteiger partial charge >= 0.3 is 6.03 Å². The Hall–Kier alpha value is -3.55. The Balaban J connectivity index is 1.36. The van der Waals surface area contributed by atoms with Gasteiger partial charge in [-0.05, 0) is 43.0 Å². The van der Waals surface area contributed by atoms with Crippen LogP contribution in [0.25, 0.3) is 0 Å². The number of methoxy groups -OCH3 is 1. The summed E-state index contributed by atoms with van der Waals surface area (Å²) in [5.41, 5.74) is 1.98. The maximum Gasteiger partial charge on any atom is 0.322 e. The molecule has 0 fully saturated rings. The van der Waals surface area contributed by atoms with Crippen LogP contribution in [0, 0.1) is 0 Å². The average Bonchev–Trinajstić information content (AvgIpc) is 3.20. The van der Waals surface area contributed by atoms with Gasteiger partial charge in [-0.15, -0.1) is 5.10 Å². The molecule has 0 saturated heterocycles. The van der Waals surface area contributed by atoms with E-state index in [1.165, 1.54) is 0 Å². The molecule has 1 unspecified atom stereocenters. The molecule has 162 valence electrons. The predicted molar refractivity (Wildman–Crippen MR) is 117 cm³/mol. The van der Waals surface area contributed by atoms with E-state index in [0.717, 1.165) is 42.8 Å². The van der Waals surface area contributed by atoms with Gasteiger partial charge in [-0.1, -0.05) is 36.4 Å². The van der Waals surface area contributed by atoms with Crippen LogP contribution in [0.3, 0.4) is 0 Å². The number of nitrogens with one attached hydrogen (secondary N) is 2. The number of fused-ring (bicyclic) bond motifs is 1. The molecule has 1 aliphatic heterocycles. The summed E-state index contributed by atoms with van der Waals surface area (Å²) in [4.78, 5) is 16.8. The molecule has 0 aliphatic carbocycles. The topological polar surface area (TPSA) is 90.3 Å². The van der Waals surface area contributed by atoms with Crippen LogP contribution in [0.2, 0.25) is 0 Å². The Morgan fingerprint density at radius 3 is 2.77 bits per heavy atom. The van der Waals surface area contributed by atoms with Gasteiger partial charge in [0.2, 0.25) is 5.95 Å². The molecule has 0 radical (unpaired) electrons. The van der Waals surface area contributed by atoms with Crippen molar-refractivity contribution in [3.63, 3.8) is 0 Å². The summed E-state index contributed by atoms with van der Waals surface area (Å²) in [5, 5.41) is 10.00. The van der Waals surface area contributed by atoms with Crippen LogP contribution in [0.4, 0.5) is 10.7 Å². The molecule has 0 bridgehead atoms. The highest BCUT2D eigenvalue weighted by Crippen LogP contribution is 2.31. The fourth-order valence-electron chi connectivity index (χ4n) is 3.56. The maximum absolute atomic E-state index is 12.4. The van der Waals surface area contributed by atoms with Gasteiger partial charge in [-0.3, -0.25) is 5.32 Å². The molecule has 31 heavy (non-hydrogen) atoms. The summed E-state index contributed by atoms with van der Waals surface area (Å²) < 4.78 is 13.3. The fourth-order valence-corrected chi connectivity index (χ4v) is 3.56. The van der Waals surface area contributed by atoms with Crippen molar-refractivity contribution in [2.24, 2.45) is 0 Å². The number of hydrogen-bond donors (Lipinski definition) is 2. The number of carbonyl (C=O) groups is 1. The second kappa shape index (κ2) is 9.51. The lowest BCUT2D eigenvalue weighted by atomic mass is 10.1. The van der Waals surface area contributed by atoms with E-state index in [2.05, 4.69) is 20.7 Å². The van der Waals surface area contributed by atoms with Crippen molar-refractivity contribution in [2.45, 2.75) is 45.4 Å². The van der Waals surface area contributed by atoms with Gasteiger partial charge in [0.05, 0.1) is 13.2 Å². The molecule has 3 aromatic rings. The van der Waals surface area contributed by atoms with Crippen LogP contribution < -0.4 is 20.1 Å². The van der Waals surface area contributed by atoms with E-state index in [1.54, 1.807) is 7.11 Å². The van der Waals surface area contributed by atoms with Crippen molar-refractivity contribution in [3.8, 4) is 11.5 Å². The minimum absolute atomic E-state index is 0.241. The lowest BCUT2D eigenvalue weighted by Gasteiger charge is -2.17. The van der Waals surface area contributed by atoms with E-state index in [-0.39, 0.29) is 12.1 Å². The van der Waals surface area contributed by atoms with Crippen LogP contribution in [0.5, 0.6) is 11.5 Å². The highest BCUT2D eigenvalue weighted by Gasteiger charge is 2.17. The first kappa shape index (κ1) is 20.7. The second-order valence-corrected chi connectivity index (χ2v) is 7.54. The number of aryl methyl sites for hydroxylation is 2. The van der Waals surface area contributed by atoms with Crippen molar-refractivity contribution < 1.29 is 14.3 Å². The van der Waals surface area contributed by atoms with Gasteiger partial charge < -0.3 is 14.8 Å². The third-order valence-corrected chi connectivity index (χ3v) is 5.27. The molecular formula is C23H27N5O3. The van der Waals surface area contributed by atoms with Crippen molar-refractivity contribution >= 4 is 12.0 Å². The number of amides is 2. The molecule has 2 heterocycles. The zero-order valence-electron chi connectivity index (χ0n) is 17.8.